The zero-order chi connectivity index (χ0) is 18.2. The van der Waals surface area contributed by atoms with E-state index in [4.69, 9.17) is 11.6 Å². The molecule has 2 aromatic rings. The highest BCUT2D eigenvalue weighted by Crippen LogP contribution is 2.28. The summed E-state index contributed by atoms with van der Waals surface area (Å²) in [5.74, 6) is -0.614. The Morgan fingerprint density at radius 2 is 2.08 bits per heavy atom. The summed E-state index contributed by atoms with van der Waals surface area (Å²) in [6.07, 6.45) is 0.652. The van der Waals surface area contributed by atoms with Crippen molar-refractivity contribution in [3.8, 4) is 5.75 Å². The largest absolute Gasteiger partial charge is 0.433 e. The van der Waals surface area contributed by atoms with Crippen molar-refractivity contribution in [1.82, 2.24) is 5.32 Å². The monoisotopic (exact) mass is 388 g/mol. The van der Waals surface area contributed by atoms with E-state index in [1.165, 1.54) is 29.5 Å². The van der Waals surface area contributed by atoms with E-state index in [1.807, 2.05) is 5.38 Å². The van der Waals surface area contributed by atoms with Crippen LogP contribution in [0.5, 0.6) is 5.75 Å². The Morgan fingerprint density at radius 1 is 1.28 bits per heavy atom. The Bertz CT molecular complexity index is 726. The Balaban J connectivity index is 1.73. The molecule has 5 nitrogen and oxygen atoms in total. The van der Waals surface area contributed by atoms with Gasteiger partial charge in [-0.2, -0.15) is 20.1 Å². The van der Waals surface area contributed by atoms with Gasteiger partial charge in [0.1, 0.15) is 5.75 Å². The minimum atomic E-state index is -2.97. The average molecular weight is 389 g/mol. The number of alkyl halides is 2. The molecule has 1 heterocycles. The molecular formula is C16H15ClF2N2O3S. The number of amides is 2. The maximum atomic E-state index is 12.2. The van der Waals surface area contributed by atoms with Gasteiger partial charge in [0.2, 0.25) is 5.91 Å². The fourth-order valence-electron chi connectivity index (χ4n) is 1.94. The molecule has 2 N–H and O–H groups in total. The van der Waals surface area contributed by atoms with Crippen LogP contribution in [-0.4, -0.2) is 25.0 Å². The lowest BCUT2D eigenvalue weighted by atomic mass is 10.2. The van der Waals surface area contributed by atoms with E-state index in [-0.39, 0.29) is 29.0 Å². The van der Waals surface area contributed by atoms with Crippen LogP contribution in [0.3, 0.4) is 0 Å². The lowest BCUT2D eigenvalue weighted by molar-refractivity contribution is -0.116. The molecule has 0 fully saturated rings. The molecule has 1 aromatic carbocycles. The lowest BCUT2D eigenvalue weighted by Crippen LogP contribution is -2.25. The van der Waals surface area contributed by atoms with Crippen molar-refractivity contribution in [3.63, 3.8) is 0 Å². The standard InChI is InChI=1S/C16H15ClF2N2O3S/c17-12-8-11(3-4-13(12)24-16(18)19)21-14(22)2-1-6-20-15(23)10-5-7-25-9-10/h3-5,7-9,16H,1-2,6H2,(H,20,23)(H,21,22). The van der Waals surface area contributed by atoms with Crippen molar-refractivity contribution in [2.24, 2.45) is 0 Å². The van der Waals surface area contributed by atoms with Gasteiger partial charge in [-0.3, -0.25) is 9.59 Å². The molecule has 0 aliphatic rings. The van der Waals surface area contributed by atoms with Gasteiger partial charge in [0, 0.05) is 29.6 Å². The zero-order valence-corrected chi connectivity index (χ0v) is 14.5. The number of carbonyl (C=O) groups is 2. The first-order valence-corrected chi connectivity index (χ1v) is 8.62. The quantitative estimate of drug-likeness (QED) is 0.667. The second kappa shape index (κ2) is 9.33. The maximum Gasteiger partial charge on any atom is 0.387 e. The van der Waals surface area contributed by atoms with Crippen LogP contribution in [0.2, 0.25) is 5.02 Å². The van der Waals surface area contributed by atoms with Crippen LogP contribution in [0.4, 0.5) is 14.5 Å². The minimum Gasteiger partial charge on any atom is -0.433 e. The van der Waals surface area contributed by atoms with Crippen molar-refractivity contribution in [3.05, 3.63) is 45.6 Å². The minimum absolute atomic E-state index is 0.0267. The van der Waals surface area contributed by atoms with Gasteiger partial charge >= 0.3 is 6.61 Å². The molecule has 0 aliphatic heterocycles. The average Bonchev–Trinajstić information content (AvgIpc) is 3.08. The fourth-order valence-corrected chi connectivity index (χ4v) is 2.80. The molecule has 25 heavy (non-hydrogen) atoms. The van der Waals surface area contributed by atoms with Crippen LogP contribution in [0, 0.1) is 0 Å². The number of benzene rings is 1. The molecule has 0 spiro atoms. The molecule has 9 heteroatoms. The van der Waals surface area contributed by atoms with Crippen LogP contribution in [0.1, 0.15) is 23.2 Å². The molecule has 0 aliphatic carbocycles. The first-order valence-electron chi connectivity index (χ1n) is 7.30. The summed E-state index contributed by atoms with van der Waals surface area (Å²) in [5.41, 5.74) is 0.967. The van der Waals surface area contributed by atoms with Crippen molar-refractivity contribution < 1.29 is 23.1 Å². The Hall–Kier alpha value is -2.19. The van der Waals surface area contributed by atoms with Gasteiger partial charge in [0.05, 0.1) is 5.02 Å². The highest BCUT2D eigenvalue weighted by atomic mass is 35.5. The summed E-state index contributed by atoms with van der Waals surface area (Å²) < 4.78 is 28.5. The molecule has 0 atom stereocenters. The number of anilines is 1. The van der Waals surface area contributed by atoms with Crippen LogP contribution in [0.15, 0.2) is 35.0 Å². The molecule has 134 valence electrons. The molecule has 0 radical (unpaired) electrons. The highest BCUT2D eigenvalue weighted by Gasteiger charge is 2.10. The van der Waals surface area contributed by atoms with E-state index < -0.39 is 6.61 Å². The number of ether oxygens (including phenoxy) is 1. The van der Waals surface area contributed by atoms with Crippen LogP contribution < -0.4 is 15.4 Å². The van der Waals surface area contributed by atoms with Crippen molar-refractivity contribution in [1.29, 1.82) is 0 Å². The summed E-state index contributed by atoms with van der Waals surface area (Å²) in [6.45, 7) is -2.61. The number of hydrogen-bond acceptors (Lipinski definition) is 4. The zero-order valence-electron chi connectivity index (χ0n) is 12.9. The lowest BCUT2D eigenvalue weighted by Gasteiger charge is -2.10. The molecular weight excluding hydrogens is 374 g/mol. The molecule has 0 saturated carbocycles. The SMILES string of the molecule is O=C(CCCNC(=O)c1ccsc1)Nc1ccc(OC(F)F)c(Cl)c1. The van der Waals surface area contributed by atoms with Crippen molar-refractivity contribution in [2.45, 2.75) is 19.5 Å². The van der Waals surface area contributed by atoms with Gasteiger partial charge in [-0.05, 0) is 36.1 Å². The van der Waals surface area contributed by atoms with Gasteiger partial charge in [0.25, 0.3) is 5.91 Å². The molecule has 0 bridgehead atoms. The number of carbonyl (C=O) groups excluding carboxylic acids is 2. The van der Waals surface area contributed by atoms with Crippen molar-refractivity contribution in [2.75, 3.05) is 11.9 Å². The smallest absolute Gasteiger partial charge is 0.387 e. The topological polar surface area (TPSA) is 67.4 Å². The van der Waals surface area contributed by atoms with Gasteiger partial charge < -0.3 is 15.4 Å². The first-order chi connectivity index (χ1) is 12.0. The van der Waals surface area contributed by atoms with Crippen LogP contribution in [0.25, 0.3) is 0 Å². The van der Waals surface area contributed by atoms with Gasteiger partial charge in [-0.1, -0.05) is 11.6 Å². The third-order valence-electron chi connectivity index (χ3n) is 3.08. The Kier molecular flexibility index (Phi) is 7.15. The Morgan fingerprint density at radius 3 is 2.72 bits per heavy atom. The molecule has 0 saturated heterocycles. The van der Waals surface area contributed by atoms with E-state index >= 15 is 0 Å². The summed E-state index contributed by atoms with van der Waals surface area (Å²) in [4.78, 5) is 23.5. The van der Waals surface area contributed by atoms with E-state index in [2.05, 4.69) is 15.4 Å². The molecule has 2 rings (SSSR count). The van der Waals surface area contributed by atoms with Crippen LogP contribution >= 0.6 is 22.9 Å². The van der Waals surface area contributed by atoms with Crippen LogP contribution in [-0.2, 0) is 4.79 Å². The van der Waals surface area contributed by atoms with Gasteiger partial charge in [-0.25, -0.2) is 0 Å². The molecule has 0 unspecified atom stereocenters. The molecule has 2 amide bonds. The second-order valence-corrected chi connectivity index (χ2v) is 6.13. The fraction of sp³-hybridized carbons (Fsp3) is 0.250. The predicted octanol–water partition coefficient (Wildman–Crippen LogP) is 4.15. The van der Waals surface area contributed by atoms with E-state index in [1.54, 1.807) is 11.4 Å². The summed E-state index contributed by atoms with van der Waals surface area (Å²) >= 11 is 7.24. The van der Waals surface area contributed by atoms with Crippen molar-refractivity contribution >= 4 is 40.4 Å². The number of nitrogens with one attached hydrogen (secondary N) is 2. The Labute approximate surface area is 151 Å². The van der Waals surface area contributed by atoms with E-state index in [9.17, 15) is 18.4 Å². The predicted molar refractivity (Wildman–Crippen MR) is 92.6 cm³/mol. The summed E-state index contributed by atoms with van der Waals surface area (Å²) in [5, 5.41) is 8.85. The highest BCUT2D eigenvalue weighted by molar-refractivity contribution is 7.08. The van der Waals surface area contributed by atoms with Gasteiger partial charge in [-0.15, -0.1) is 0 Å². The maximum absolute atomic E-state index is 12.2. The number of halogens is 3. The number of thiophene rings is 1. The first kappa shape index (κ1) is 19.1. The second-order valence-electron chi connectivity index (χ2n) is 4.94. The number of rotatable bonds is 8. The van der Waals surface area contributed by atoms with E-state index in [0.717, 1.165) is 0 Å². The molecule has 1 aromatic heterocycles. The summed E-state index contributed by atoms with van der Waals surface area (Å²) in [6, 6.07) is 5.72. The number of hydrogen-bond donors (Lipinski definition) is 2. The third kappa shape index (κ3) is 6.32. The normalized spacial score (nSPS) is 10.6. The summed E-state index contributed by atoms with van der Waals surface area (Å²) in [7, 11) is 0. The van der Waals surface area contributed by atoms with E-state index in [0.29, 0.717) is 24.2 Å². The third-order valence-corrected chi connectivity index (χ3v) is 4.06. The van der Waals surface area contributed by atoms with Gasteiger partial charge in [0.15, 0.2) is 0 Å².